The average molecular weight is 430 g/mol. The van der Waals surface area contributed by atoms with Crippen LogP contribution >= 0.6 is 0 Å². The van der Waals surface area contributed by atoms with Crippen LogP contribution in [0.25, 0.3) is 0 Å². The molecule has 2 aromatic rings. The summed E-state index contributed by atoms with van der Waals surface area (Å²) in [6, 6.07) is 13.8. The van der Waals surface area contributed by atoms with Gasteiger partial charge in [0.05, 0.1) is 4.90 Å². The number of likely N-dealkylation sites (tertiary alicyclic amines) is 1. The van der Waals surface area contributed by atoms with Crippen molar-refractivity contribution in [3.8, 4) is 0 Å². The summed E-state index contributed by atoms with van der Waals surface area (Å²) in [5.74, 6) is -0.154. The molecule has 7 nitrogen and oxygen atoms in total. The van der Waals surface area contributed by atoms with E-state index in [9.17, 15) is 18.0 Å². The van der Waals surface area contributed by atoms with Crippen LogP contribution in [0.3, 0.4) is 0 Å². The minimum atomic E-state index is -3.75. The second kappa shape index (κ2) is 9.86. The molecule has 8 heteroatoms. The molecule has 0 unspecified atom stereocenters. The van der Waals surface area contributed by atoms with E-state index in [4.69, 9.17) is 0 Å². The molecule has 1 aliphatic heterocycles. The van der Waals surface area contributed by atoms with Gasteiger partial charge in [-0.05, 0) is 43.0 Å². The number of hydrogen-bond donors (Lipinski definition) is 2. The smallest absolute Gasteiger partial charge is 0.251 e. The second-order valence-electron chi connectivity index (χ2n) is 7.38. The summed E-state index contributed by atoms with van der Waals surface area (Å²) in [7, 11) is -3.75. The Hall–Kier alpha value is -2.71. The van der Waals surface area contributed by atoms with Gasteiger partial charge in [0.1, 0.15) is 0 Å². The molecular weight excluding hydrogens is 402 g/mol. The highest BCUT2D eigenvalue weighted by atomic mass is 32.2. The molecule has 2 N–H and O–H groups in total. The molecule has 0 spiro atoms. The normalized spacial score (nSPS) is 14.2. The molecule has 0 saturated carbocycles. The van der Waals surface area contributed by atoms with Crippen molar-refractivity contribution in [3.63, 3.8) is 0 Å². The Morgan fingerprint density at radius 1 is 1.13 bits per heavy atom. The minimum Gasteiger partial charge on any atom is -0.352 e. The van der Waals surface area contributed by atoms with E-state index >= 15 is 0 Å². The lowest BCUT2D eigenvalue weighted by Crippen LogP contribution is -2.31. The maximum absolute atomic E-state index is 12.6. The largest absolute Gasteiger partial charge is 0.352 e. The SMILES string of the molecule is Cc1ccc(S(=O)(=O)NCc2ccccc2)cc1C(=O)NCCCN1CCCC1=O. The summed E-state index contributed by atoms with van der Waals surface area (Å²) in [6.07, 6.45) is 2.15. The van der Waals surface area contributed by atoms with Gasteiger partial charge in [0, 0.05) is 38.2 Å². The van der Waals surface area contributed by atoms with Crippen LogP contribution in [0, 0.1) is 6.92 Å². The lowest BCUT2D eigenvalue weighted by atomic mass is 10.1. The molecule has 0 aromatic heterocycles. The highest BCUT2D eigenvalue weighted by Crippen LogP contribution is 2.16. The highest BCUT2D eigenvalue weighted by Gasteiger charge is 2.20. The van der Waals surface area contributed by atoms with Gasteiger partial charge in [-0.15, -0.1) is 0 Å². The number of hydrogen-bond acceptors (Lipinski definition) is 4. The molecular formula is C22H27N3O4S. The molecule has 0 bridgehead atoms. The minimum absolute atomic E-state index is 0.0526. The zero-order valence-corrected chi connectivity index (χ0v) is 17.9. The van der Waals surface area contributed by atoms with Crippen molar-refractivity contribution < 1.29 is 18.0 Å². The Labute approximate surface area is 177 Å². The third-order valence-corrected chi connectivity index (χ3v) is 6.53. The van der Waals surface area contributed by atoms with Crippen LogP contribution in [0.2, 0.25) is 0 Å². The third kappa shape index (κ3) is 5.67. The first kappa shape index (κ1) is 22.0. The lowest BCUT2D eigenvalue weighted by molar-refractivity contribution is -0.127. The first-order chi connectivity index (χ1) is 14.4. The molecule has 0 atom stereocenters. The van der Waals surface area contributed by atoms with Crippen molar-refractivity contribution >= 4 is 21.8 Å². The fraction of sp³-hybridized carbons (Fsp3) is 0.364. The molecule has 2 aromatic carbocycles. The number of amides is 2. The van der Waals surface area contributed by atoms with Gasteiger partial charge in [-0.3, -0.25) is 9.59 Å². The molecule has 3 rings (SSSR count). The lowest BCUT2D eigenvalue weighted by Gasteiger charge is -2.15. The maximum Gasteiger partial charge on any atom is 0.251 e. The summed E-state index contributed by atoms with van der Waals surface area (Å²) in [4.78, 5) is 26.1. The molecule has 30 heavy (non-hydrogen) atoms. The van der Waals surface area contributed by atoms with E-state index in [2.05, 4.69) is 10.0 Å². The van der Waals surface area contributed by atoms with Gasteiger partial charge in [-0.25, -0.2) is 13.1 Å². The van der Waals surface area contributed by atoms with Gasteiger partial charge >= 0.3 is 0 Å². The van der Waals surface area contributed by atoms with Gasteiger partial charge in [0.25, 0.3) is 5.91 Å². The number of nitrogens with one attached hydrogen (secondary N) is 2. The summed E-state index contributed by atoms with van der Waals surface area (Å²) >= 11 is 0. The highest BCUT2D eigenvalue weighted by molar-refractivity contribution is 7.89. The monoisotopic (exact) mass is 429 g/mol. The van der Waals surface area contributed by atoms with Crippen LogP contribution in [-0.2, 0) is 21.4 Å². The Morgan fingerprint density at radius 3 is 2.60 bits per heavy atom. The van der Waals surface area contributed by atoms with Crippen LogP contribution in [0.4, 0.5) is 0 Å². The third-order valence-electron chi connectivity index (χ3n) is 5.13. The fourth-order valence-electron chi connectivity index (χ4n) is 3.38. The Morgan fingerprint density at radius 2 is 1.90 bits per heavy atom. The molecule has 2 amide bonds. The van der Waals surface area contributed by atoms with Crippen molar-refractivity contribution in [2.45, 2.75) is 37.6 Å². The summed E-state index contributed by atoms with van der Waals surface area (Å²) in [5.41, 5.74) is 1.88. The molecule has 1 fully saturated rings. The van der Waals surface area contributed by atoms with Crippen LogP contribution in [0.1, 0.15) is 40.7 Å². The van der Waals surface area contributed by atoms with E-state index in [1.54, 1.807) is 13.0 Å². The number of carbonyl (C=O) groups is 2. The van der Waals surface area contributed by atoms with Gasteiger partial charge in [0.2, 0.25) is 15.9 Å². The summed E-state index contributed by atoms with van der Waals surface area (Å²) in [6.45, 7) is 3.77. The zero-order valence-electron chi connectivity index (χ0n) is 17.1. The van der Waals surface area contributed by atoms with Gasteiger partial charge in [-0.1, -0.05) is 36.4 Å². The molecule has 1 aliphatic rings. The molecule has 1 saturated heterocycles. The van der Waals surface area contributed by atoms with E-state index in [1.165, 1.54) is 12.1 Å². The number of benzene rings is 2. The number of sulfonamides is 1. The van der Waals surface area contributed by atoms with Gasteiger partial charge in [0.15, 0.2) is 0 Å². The Balaban J connectivity index is 1.59. The van der Waals surface area contributed by atoms with E-state index in [-0.39, 0.29) is 23.3 Å². The summed E-state index contributed by atoms with van der Waals surface area (Å²) < 4.78 is 27.9. The summed E-state index contributed by atoms with van der Waals surface area (Å²) in [5, 5.41) is 2.82. The van der Waals surface area contributed by atoms with E-state index in [1.807, 2.05) is 35.2 Å². The van der Waals surface area contributed by atoms with Crippen molar-refractivity contribution in [3.05, 3.63) is 65.2 Å². The van der Waals surface area contributed by atoms with Crippen molar-refractivity contribution in [1.82, 2.24) is 14.9 Å². The second-order valence-corrected chi connectivity index (χ2v) is 9.15. The molecule has 0 radical (unpaired) electrons. The molecule has 1 heterocycles. The fourth-order valence-corrected chi connectivity index (χ4v) is 4.42. The van der Waals surface area contributed by atoms with E-state index in [0.29, 0.717) is 37.1 Å². The van der Waals surface area contributed by atoms with E-state index in [0.717, 1.165) is 18.5 Å². The zero-order chi connectivity index (χ0) is 21.6. The van der Waals surface area contributed by atoms with Crippen molar-refractivity contribution in [1.29, 1.82) is 0 Å². The number of carbonyl (C=O) groups excluding carboxylic acids is 2. The standard InChI is InChI=1S/C22H27N3O4S/c1-17-10-11-19(30(28,29)24-16-18-7-3-2-4-8-18)15-20(17)22(27)23-12-6-14-25-13-5-9-21(25)26/h2-4,7-8,10-11,15,24H,5-6,9,12-14,16H2,1H3,(H,23,27). The van der Waals surface area contributed by atoms with Crippen LogP contribution in [0.15, 0.2) is 53.4 Å². The van der Waals surface area contributed by atoms with E-state index < -0.39 is 10.0 Å². The Bertz CT molecular complexity index is 1010. The predicted molar refractivity (Wildman–Crippen MR) is 114 cm³/mol. The topological polar surface area (TPSA) is 95.6 Å². The van der Waals surface area contributed by atoms with Crippen LogP contribution in [-0.4, -0.2) is 44.8 Å². The van der Waals surface area contributed by atoms with Crippen LogP contribution < -0.4 is 10.0 Å². The first-order valence-corrected chi connectivity index (χ1v) is 11.6. The average Bonchev–Trinajstić information content (AvgIpc) is 3.15. The molecule has 0 aliphatic carbocycles. The quantitative estimate of drug-likeness (QED) is 0.598. The van der Waals surface area contributed by atoms with Crippen LogP contribution in [0.5, 0.6) is 0 Å². The number of nitrogens with zero attached hydrogens (tertiary/aromatic N) is 1. The molecule has 160 valence electrons. The first-order valence-electron chi connectivity index (χ1n) is 10.1. The van der Waals surface area contributed by atoms with Crippen molar-refractivity contribution in [2.75, 3.05) is 19.6 Å². The van der Waals surface area contributed by atoms with Gasteiger partial charge < -0.3 is 10.2 Å². The van der Waals surface area contributed by atoms with Gasteiger partial charge in [-0.2, -0.15) is 0 Å². The number of aryl methyl sites for hydroxylation is 1. The number of rotatable bonds is 9. The van der Waals surface area contributed by atoms with Crippen molar-refractivity contribution in [2.24, 2.45) is 0 Å². The predicted octanol–water partition coefficient (Wildman–Crippen LogP) is 2.22. The maximum atomic E-state index is 12.6. The Kier molecular flexibility index (Phi) is 7.23.